The summed E-state index contributed by atoms with van der Waals surface area (Å²) in [5, 5.41) is 4.62. The third kappa shape index (κ3) is 8.54. The van der Waals surface area contributed by atoms with Gasteiger partial charge in [0.2, 0.25) is 5.91 Å². The molecule has 2 amide bonds. The lowest BCUT2D eigenvalue weighted by molar-refractivity contribution is -0.143. The van der Waals surface area contributed by atoms with E-state index in [1.807, 2.05) is 44.2 Å². The Morgan fingerprint density at radius 2 is 1.57 bits per heavy atom. The van der Waals surface area contributed by atoms with Gasteiger partial charge in [0, 0.05) is 34.1 Å². The molecule has 1 N–H and O–H groups in total. The molecule has 0 saturated carbocycles. The Balaban J connectivity index is 1.95. The largest absolute Gasteiger partial charge is 0.482 e. The molecule has 0 radical (unpaired) electrons. The predicted molar refractivity (Wildman–Crippen MR) is 151 cm³/mol. The van der Waals surface area contributed by atoms with Gasteiger partial charge in [-0.3, -0.25) is 9.59 Å². The summed E-state index contributed by atoms with van der Waals surface area (Å²) in [6.07, 6.45) is 1.06. The maximum Gasteiger partial charge on any atom is 0.261 e. The van der Waals surface area contributed by atoms with E-state index in [1.165, 1.54) is 11.0 Å². The van der Waals surface area contributed by atoms with Crippen LogP contribution in [0.25, 0.3) is 0 Å². The predicted octanol–water partition coefficient (Wildman–Crippen LogP) is 7.23. The molecule has 3 rings (SSSR count). The van der Waals surface area contributed by atoms with E-state index in [-0.39, 0.29) is 30.1 Å². The lowest BCUT2D eigenvalue weighted by Crippen LogP contribution is -2.53. The van der Waals surface area contributed by atoms with Gasteiger partial charge >= 0.3 is 0 Å². The van der Waals surface area contributed by atoms with Crippen molar-refractivity contribution in [2.24, 2.45) is 0 Å². The molecule has 2 atom stereocenters. The van der Waals surface area contributed by atoms with Crippen molar-refractivity contribution in [3.8, 4) is 5.75 Å². The van der Waals surface area contributed by atoms with Crippen LogP contribution in [0.3, 0.4) is 0 Å². The zero-order valence-corrected chi connectivity index (χ0v) is 23.5. The molecular formula is C28H28Cl4N2O3. The number of hydrogen-bond donors (Lipinski definition) is 1. The van der Waals surface area contributed by atoms with Crippen LogP contribution in [0.5, 0.6) is 5.75 Å². The summed E-state index contributed by atoms with van der Waals surface area (Å²) in [7, 11) is 0. The van der Waals surface area contributed by atoms with E-state index in [4.69, 9.17) is 51.1 Å². The van der Waals surface area contributed by atoms with Crippen LogP contribution >= 0.6 is 46.4 Å². The number of carbonyl (C=O) groups is 2. The first kappa shape index (κ1) is 29.1. The van der Waals surface area contributed by atoms with E-state index < -0.39 is 11.9 Å². The highest BCUT2D eigenvalue weighted by Crippen LogP contribution is 2.28. The summed E-state index contributed by atoms with van der Waals surface area (Å²) in [6, 6.07) is 18.4. The van der Waals surface area contributed by atoms with Crippen molar-refractivity contribution in [3.05, 3.63) is 97.9 Å². The van der Waals surface area contributed by atoms with Crippen molar-refractivity contribution in [2.45, 2.75) is 45.3 Å². The molecule has 5 nitrogen and oxygen atoms in total. The van der Waals surface area contributed by atoms with E-state index in [2.05, 4.69) is 5.32 Å². The molecule has 0 bridgehead atoms. The first-order valence-electron chi connectivity index (χ1n) is 11.8. The molecule has 0 saturated heterocycles. The summed E-state index contributed by atoms with van der Waals surface area (Å²) in [6.45, 7) is 3.65. The minimum Gasteiger partial charge on any atom is -0.482 e. The molecule has 0 aliphatic carbocycles. The molecule has 0 aliphatic heterocycles. The summed E-state index contributed by atoms with van der Waals surface area (Å²) < 4.78 is 5.74. The van der Waals surface area contributed by atoms with Gasteiger partial charge in [-0.25, -0.2) is 0 Å². The Labute approximate surface area is 237 Å². The van der Waals surface area contributed by atoms with Gasteiger partial charge in [-0.2, -0.15) is 0 Å². The van der Waals surface area contributed by atoms with Gasteiger partial charge in [-0.05, 0) is 54.8 Å². The zero-order chi connectivity index (χ0) is 26.9. The third-order valence-electron chi connectivity index (χ3n) is 5.87. The lowest BCUT2D eigenvalue weighted by Gasteiger charge is -2.32. The topological polar surface area (TPSA) is 58.6 Å². The highest BCUT2D eigenvalue weighted by molar-refractivity contribution is 6.35. The summed E-state index contributed by atoms with van der Waals surface area (Å²) >= 11 is 24.7. The van der Waals surface area contributed by atoms with Gasteiger partial charge in [0.1, 0.15) is 11.8 Å². The smallest absolute Gasteiger partial charge is 0.261 e. The molecule has 196 valence electrons. The second kappa shape index (κ2) is 13.9. The number of carbonyl (C=O) groups excluding carboxylic acids is 2. The van der Waals surface area contributed by atoms with Crippen molar-refractivity contribution in [1.29, 1.82) is 0 Å². The fourth-order valence-electron chi connectivity index (χ4n) is 3.64. The maximum atomic E-state index is 13.7. The standard InChI is InChI=1S/C28H28Cl4N2O3/c1-3-18(2)33-28(36)25(13-19-7-5-4-6-8-19)34(16-20-9-10-21(29)14-23(20)31)27(35)17-37-26-12-11-22(30)15-24(26)32/h4-12,14-15,18,25H,3,13,16-17H2,1-2H3,(H,33,36). The first-order valence-corrected chi connectivity index (χ1v) is 13.3. The Morgan fingerprint density at radius 1 is 0.919 bits per heavy atom. The molecule has 0 spiro atoms. The molecular weight excluding hydrogens is 554 g/mol. The molecule has 0 heterocycles. The van der Waals surface area contributed by atoms with Crippen LogP contribution in [0, 0.1) is 0 Å². The third-order valence-corrected chi connectivity index (χ3v) is 6.99. The molecule has 2 unspecified atom stereocenters. The first-order chi connectivity index (χ1) is 17.7. The number of nitrogens with zero attached hydrogens (tertiary/aromatic N) is 1. The van der Waals surface area contributed by atoms with Crippen molar-refractivity contribution in [1.82, 2.24) is 10.2 Å². The number of ether oxygens (including phenoxy) is 1. The summed E-state index contributed by atoms with van der Waals surface area (Å²) in [4.78, 5) is 28.7. The Bertz CT molecular complexity index is 1220. The van der Waals surface area contributed by atoms with Crippen molar-refractivity contribution < 1.29 is 14.3 Å². The summed E-state index contributed by atoms with van der Waals surface area (Å²) in [5.41, 5.74) is 1.56. The Morgan fingerprint density at radius 3 is 2.19 bits per heavy atom. The molecule has 0 fully saturated rings. The SMILES string of the molecule is CCC(C)NC(=O)C(Cc1ccccc1)N(Cc1ccc(Cl)cc1Cl)C(=O)COc1ccc(Cl)cc1Cl. The van der Waals surface area contributed by atoms with Crippen LogP contribution in [0.15, 0.2) is 66.7 Å². The molecule has 3 aromatic carbocycles. The number of nitrogens with one attached hydrogen (secondary N) is 1. The minimum atomic E-state index is -0.820. The van der Waals surface area contributed by atoms with Crippen LogP contribution in [0.4, 0.5) is 0 Å². The quantitative estimate of drug-likeness (QED) is 0.260. The average molecular weight is 582 g/mol. The zero-order valence-electron chi connectivity index (χ0n) is 20.5. The maximum absolute atomic E-state index is 13.7. The van der Waals surface area contributed by atoms with E-state index in [1.54, 1.807) is 30.3 Å². The minimum absolute atomic E-state index is 0.0639. The second-order valence-electron chi connectivity index (χ2n) is 8.64. The van der Waals surface area contributed by atoms with Gasteiger partial charge in [-0.15, -0.1) is 0 Å². The van der Waals surface area contributed by atoms with Gasteiger partial charge in [0.05, 0.1) is 5.02 Å². The summed E-state index contributed by atoms with van der Waals surface area (Å²) in [5.74, 6) is -0.356. The monoisotopic (exact) mass is 580 g/mol. The molecule has 0 aromatic heterocycles. The number of hydrogen-bond acceptors (Lipinski definition) is 3. The van der Waals surface area contributed by atoms with Crippen LogP contribution in [-0.4, -0.2) is 35.4 Å². The van der Waals surface area contributed by atoms with E-state index in [0.717, 1.165) is 12.0 Å². The van der Waals surface area contributed by atoms with Crippen LogP contribution in [-0.2, 0) is 22.6 Å². The molecule has 0 aliphatic rings. The normalized spacial score (nSPS) is 12.5. The fourth-order valence-corrected chi connectivity index (χ4v) is 4.57. The molecule has 9 heteroatoms. The van der Waals surface area contributed by atoms with Gasteiger partial charge in [0.15, 0.2) is 6.61 Å². The van der Waals surface area contributed by atoms with E-state index in [0.29, 0.717) is 32.8 Å². The van der Waals surface area contributed by atoms with Crippen molar-refractivity contribution >= 4 is 58.2 Å². The number of rotatable bonds is 11. The fraction of sp³-hybridized carbons (Fsp3) is 0.286. The van der Waals surface area contributed by atoms with Gasteiger partial charge < -0.3 is 15.0 Å². The highest BCUT2D eigenvalue weighted by atomic mass is 35.5. The molecule has 3 aromatic rings. The van der Waals surface area contributed by atoms with Crippen LogP contribution in [0.2, 0.25) is 20.1 Å². The highest BCUT2D eigenvalue weighted by Gasteiger charge is 2.31. The van der Waals surface area contributed by atoms with Gasteiger partial charge in [-0.1, -0.05) is 89.7 Å². The average Bonchev–Trinajstić information content (AvgIpc) is 2.87. The van der Waals surface area contributed by atoms with Crippen LogP contribution < -0.4 is 10.1 Å². The lowest BCUT2D eigenvalue weighted by atomic mass is 10.0. The van der Waals surface area contributed by atoms with E-state index >= 15 is 0 Å². The van der Waals surface area contributed by atoms with Crippen molar-refractivity contribution in [2.75, 3.05) is 6.61 Å². The van der Waals surface area contributed by atoms with Gasteiger partial charge in [0.25, 0.3) is 5.91 Å². The van der Waals surface area contributed by atoms with Crippen LogP contribution in [0.1, 0.15) is 31.4 Å². The Kier molecular flexibility index (Phi) is 11.0. The Hall–Kier alpha value is -2.44. The number of amides is 2. The van der Waals surface area contributed by atoms with Crippen molar-refractivity contribution in [3.63, 3.8) is 0 Å². The van der Waals surface area contributed by atoms with E-state index in [9.17, 15) is 9.59 Å². The molecule has 37 heavy (non-hydrogen) atoms. The number of benzene rings is 3. The second-order valence-corrected chi connectivity index (χ2v) is 10.3. The number of halogens is 4.